The lowest BCUT2D eigenvalue weighted by Gasteiger charge is -2.25. The van der Waals surface area contributed by atoms with Crippen molar-refractivity contribution in [1.29, 1.82) is 0 Å². The lowest BCUT2D eigenvalue weighted by atomic mass is 10.0. The van der Waals surface area contributed by atoms with Gasteiger partial charge in [-0.2, -0.15) is 10.1 Å². The van der Waals surface area contributed by atoms with Gasteiger partial charge >= 0.3 is 0 Å². The molecule has 0 unspecified atom stereocenters. The van der Waals surface area contributed by atoms with Crippen LogP contribution in [-0.4, -0.2) is 36.1 Å². The molecule has 0 bridgehead atoms. The molecule has 2 heterocycles. The molecule has 4 rings (SSSR count). The molecule has 1 atom stereocenters. The van der Waals surface area contributed by atoms with Gasteiger partial charge in [0.25, 0.3) is 0 Å². The molecule has 2 aromatic carbocycles. The maximum Gasteiger partial charge on any atom is 0.226 e. The monoisotopic (exact) mass is 442 g/mol. The van der Waals surface area contributed by atoms with Crippen molar-refractivity contribution < 1.29 is 14.2 Å². The summed E-state index contributed by atoms with van der Waals surface area (Å²) in [7, 11) is 4.80. The SMILES string of the molecule is COc1cc([C@@H]2C=C(c3cccc(Br)c3)Nc3ncnn32)cc(OC)c1OC. The Kier molecular flexibility index (Phi) is 4.95. The van der Waals surface area contributed by atoms with Crippen LogP contribution in [0.15, 0.2) is 53.3 Å². The predicted octanol–water partition coefficient (Wildman–Crippen LogP) is 4.12. The first-order valence-electron chi connectivity index (χ1n) is 8.58. The van der Waals surface area contributed by atoms with Crippen LogP contribution in [-0.2, 0) is 0 Å². The minimum Gasteiger partial charge on any atom is -0.493 e. The summed E-state index contributed by atoms with van der Waals surface area (Å²) in [5, 5.41) is 7.73. The Bertz CT molecular complexity index is 1020. The molecule has 144 valence electrons. The van der Waals surface area contributed by atoms with Gasteiger partial charge in [0, 0.05) is 10.2 Å². The number of hydrogen-bond donors (Lipinski definition) is 1. The number of aromatic nitrogens is 3. The summed E-state index contributed by atoms with van der Waals surface area (Å²) in [6.45, 7) is 0. The zero-order valence-electron chi connectivity index (χ0n) is 15.6. The molecular formula is C20H19BrN4O3. The molecule has 28 heavy (non-hydrogen) atoms. The van der Waals surface area contributed by atoms with E-state index in [0.29, 0.717) is 23.2 Å². The highest BCUT2D eigenvalue weighted by Gasteiger charge is 2.26. The van der Waals surface area contributed by atoms with E-state index >= 15 is 0 Å². The van der Waals surface area contributed by atoms with E-state index in [1.165, 1.54) is 6.33 Å². The molecule has 3 aromatic rings. The molecule has 1 aromatic heterocycles. The number of benzene rings is 2. The fourth-order valence-electron chi connectivity index (χ4n) is 3.27. The average molecular weight is 443 g/mol. The molecule has 0 fully saturated rings. The van der Waals surface area contributed by atoms with Gasteiger partial charge in [0.05, 0.1) is 21.3 Å². The van der Waals surface area contributed by atoms with E-state index in [1.54, 1.807) is 21.3 Å². The normalized spacial score (nSPS) is 15.3. The van der Waals surface area contributed by atoms with Crippen LogP contribution in [0.4, 0.5) is 5.95 Å². The lowest BCUT2D eigenvalue weighted by molar-refractivity contribution is 0.323. The van der Waals surface area contributed by atoms with Crippen molar-refractivity contribution in [2.45, 2.75) is 6.04 Å². The van der Waals surface area contributed by atoms with Gasteiger partial charge in [-0.1, -0.05) is 28.1 Å². The number of methoxy groups -OCH3 is 3. The summed E-state index contributed by atoms with van der Waals surface area (Å²) in [5.41, 5.74) is 2.93. The van der Waals surface area contributed by atoms with Crippen LogP contribution in [0.5, 0.6) is 17.2 Å². The highest BCUT2D eigenvalue weighted by molar-refractivity contribution is 9.10. The number of ether oxygens (including phenoxy) is 3. The smallest absolute Gasteiger partial charge is 0.226 e. The van der Waals surface area contributed by atoms with Crippen molar-refractivity contribution in [3.05, 3.63) is 64.4 Å². The highest BCUT2D eigenvalue weighted by Crippen LogP contribution is 2.42. The first-order chi connectivity index (χ1) is 13.6. The van der Waals surface area contributed by atoms with Gasteiger partial charge in [-0.25, -0.2) is 4.68 Å². The molecule has 0 aliphatic carbocycles. The lowest BCUT2D eigenvalue weighted by Crippen LogP contribution is -2.20. The Morgan fingerprint density at radius 2 is 1.79 bits per heavy atom. The molecule has 7 nitrogen and oxygen atoms in total. The maximum absolute atomic E-state index is 5.51. The van der Waals surface area contributed by atoms with Gasteiger partial charge in [-0.3, -0.25) is 0 Å². The van der Waals surface area contributed by atoms with Gasteiger partial charge in [0.2, 0.25) is 11.7 Å². The molecular weight excluding hydrogens is 424 g/mol. The summed E-state index contributed by atoms with van der Waals surface area (Å²) < 4.78 is 19.3. The molecule has 0 spiro atoms. The van der Waals surface area contributed by atoms with Crippen LogP contribution >= 0.6 is 15.9 Å². The second-order valence-electron chi connectivity index (χ2n) is 6.15. The largest absolute Gasteiger partial charge is 0.493 e. The van der Waals surface area contributed by atoms with Crippen molar-refractivity contribution in [3.63, 3.8) is 0 Å². The van der Waals surface area contributed by atoms with Gasteiger partial charge in [-0.05, 0) is 41.5 Å². The number of fused-ring (bicyclic) bond motifs is 1. The molecule has 8 heteroatoms. The first kappa shape index (κ1) is 18.4. The summed E-state index contributed by atoms with van der Waals surface area (Å²) >= 11 is 3.53. The number of halogens is 1. The van der Waals surface area contributed by atoms with Crippen molar-refractivity contribution in [3.8, 4) is 17.2 Å². The Labute approximate surface area is 171 Å². The fraction of sp³-hybridized carbons (Fsp3) is 0.200. The van der Waals surface area contributed by atoms with E-state index in [4.69, 9.17) is 14.2 Å². The van der Waals surface area contributed by atoms with Crippen LogP contribution in [0.25, 0.3) is 5.70 Å². The summed E-state index contributed by atoms with van der Waals surface area (Å²) in [6, 6.07) is 11.7. The quantitative estimate of drug-likeness (QED) is 0.640. The van der Waals surface area contributed by atoms with Crippen molar-refractivity contribution >= 4 is 27.6 Å². The Morgan fingerprint density at radius 3 is 2.43 bits per heavy atom. The zero-order chi connectivity index (χ0) is 19.7. The second kappa shape index (κ2) is 7.55. The van der Waals surface area contributed by atoms with Gasteiger partial charge in [0.1, 0.15) is 12.4 Å². The molecule has 0 radical (unpaired) electrons. The van der Waals surface area contributed by atoms with E-state index in [0.717, 1.165) is 21.3 Å². The standard InChI is InChI=1S/C20H19BrN4O3/c1-26-17-8-13(9-18(27-2)19(17)28-3)16-10-15(12-5-4-6-14(21)7-12)24-20-22-11-23-25(16)20/h4-11,16H,1-3H3,(H,22,23,24)/t16-/m0/s1. The van der Waals surface area contributed by atoms with Crippen molar-refractivity contribution in [2.24, 2.45) is 0 Å². The number of nitrogens with one attached hydrogen (secondary N) is 1. The second-order valence-corrected chi connectivity index (χ2v) is 7.06. The van der Waals surface area contributed by atoms with Gasteiger partial charge in [-0.15, -0.1) is 0 Å². The third-order valence-electron chi connectivity index (χ3n) is 4.57. The average Bonchev–Trinajstić information content (AvgIpc) is 3.20. The number of rotatable bonds is 5. The molecule has 1 aliphatic rings. The Hall–Kier alpha value is -3.00. The number of allylic oxidation sites excluding steroid dienone is 1. The number of hydrogen-bond acceptors (Lipinski definition) is 6. The third-order valence-corrected chi connectivity index (χ3v) is 5.07. The summed E-state index contributed by atoms with van der Waals surface area (Å²) in [4.78, 5) is 4.35. The first-order valence-corrected chi connectivity index (χ1v) is 9.38. The topological polar surface area (TPSA) is 70.4 Å². The van der Waals surface area contributed by atoms with Gasteiger partial charge in [0.15, 0.2) is 11.5 Å². The predicted molar refractivity (Wildman–Crippen MR) is 110 cm³/mol. The van der Waals surface area contributed by atoms with E-state index < -0.39 is 0 Å². The Morgan fingerprint density at radius 1 is 1.04 bits per heavy atom. The molecule has 1 aliphatic heterocycles. The van der Waals surface area contributed by atoms with Gasteiger partial charge < -0.3 is 19.5 Å². The van der Waals surface area contributed by atoms with E-state index in [2.05, 4.69) is 43.5 Å². The summed E-state index contributed by atoms with van der Waals surface area (Å²) in [6.07, 6.45) is 3.63. The van der Waals surface area contributed by atoms with Crippen molar-refractivity contribution in [2.75, 3.05) is 26.6 Å². The third kappa shape index (κ3) is 3.20. The highest BCUT2D eigenvalue weighted by atomic mass is 79.9. The molecule has 0 saturated carbocycles. The minimum atomic E-state index is -0.193. The van der Waals surface area contributed by atoms with Crippen molar-refractivity contribution in [1.82, 2.24) is 14.8 Å². The Balaban J connectivity index is 1.86. The van der Waals surface area contributed by atoms with Crippen LogP contribution in [0.3, 0.4) is 0 Å². The van der Waals surface area contributed by atoms with Crippen LogP contribution in [0, 0.1) is 0 Å². The molecule has 0 amide bonds. The van der Waals surface area contributed by atoms with Crippen LogP contribution < -0.4 is 19.5 Å². The fourth-order valence-corrected chi connectivity index (χ4v) is 3.67. The van der Waals surface area contributed by atoms with Crippen LogP contribution in [0.1, 0.15) is 17.2 Å². The summed E-state index contributed by atoms with van der Waals surface area (Å²) in [5.74, 6) is 2.40. The van der Waals surface area contributed by atoms with Crippen LogP contribution in [0.2, 0.25) is 0 Å². The minimum absolute atomic E-state index is 0.193. The van der Waals surface area contributed by atoms with E-state index in [1.807, 2.05) is 35.0 Å². The zero-order valence-corrected chi connectivity index (χ0v) is 17.2. The molecule has 1 N–H and O–H groups in total. The molecule has 0 saturated heterocycles. The van der Waals surface area contributed by atoms with E-state index in [-0.39, 0.29) is 6.04 Å². The number of anilines is 1. The number of nitrogens with zero attached hydrogens (tertiary/aromatic N) is 3. The van der Waals surface area contributed by atoms with E-state index in [9.17, 15) is 0 Å². The maximum atomic E-state index is 5.51.